The van der Waals surface area contributed by atoms with E-state index in [4.69, 9.17) is 5.11 Å². The second kappa shape index (κ2) is 7.16. The highest BCUT2D eigenvalue weighted by Gasteiger charge is 2.07. The number of aliphatic carboxylic acids is 1. The molecule has 2 rings (SSSR count). The van der Waals surface area contributed by atoms with Crippen LogP contribution in [0.15, 0.2) is 24.5 Å². The lowest BCUT2D eigenvalue weighted by Gasteiger charge is -2.11. The average molecular weight is 304 g/mol. The molecule has 0 bridgehead atoms. The number of aryl methyl sites for hydroxylation is 1. The van der Waals surface area contributed by atoms with Crippen molar-refractivity contribution in [1.82, 2.24) is 25.5 Å². The van der Waals surface area contributed by atoms with Gasteiger partial charge in [0.15, 0.2) is 0 Å². The lowest BCUT2D eigenvalue weighted by atomic mass is 10.2. The summed E-state index contributed by atoms with van der Waals surface area (Å²) in [5.74, 6) is -0.882. The Morgan fingerprint density at radius 1 is 1.36 bits per heavy atom. The molecule has 0 saturated carbocycles. The van der Waals surface area contributed by atoms with Crippen molar-refractivity contribution >= 4 is 17.7 Å². The molecule has 22 heavy (non-hydrogen) atoms. The number of anilines is 1. The van der Waals surface area contributed by atoms with Crippen molar-refractivity contribution < 1.29 is 14.7 Å². The van der Waals surface area contributed by atoms with Gasteiger partial charge in [0, 0.05) is 18.7 Å². The molecule has 0 unspecified atom stereocenters. The first-order chi connectivity index (χ1) is 10.6. The molecule has 0 atom stereocenters. The minimum Gasteiger partial charge on any atom is -0.481 e. The van der Waals surface area contributed by atoms with E-state index in [-0.39, 0.29) is 12.5 Å². The average Bonchev–Trinajstić information content (AvgIpc) is 3.00. The summed E-state index contributed by atoms with van der Waals surface area (Å²) in [5.41, 5.74) is 2.23. The lowest BCUT2D eigenvalue weighted by Crippen LogP contribution is -2.30. The molecular formula is C13H16N6O3. The van der Waals surface area contributed by atoms with Crippen LogP contribution in [0.4, 0.5) is 10.5 Å². The standard InChI is InChI=1S/C13H16N6O3/c1-9-4-5-10(19-8-15-17-18-19)7-11(9)16-13(22)14-6-2-3-12(20)21/h4-5,7-8H,2-3,6H2,1H3,(H,20,21)(H2,14,16,22). The zero-order chi connectivity index (χ0) is 15.9. The molecule has 3 N–H and O–H groups in total. The number of nitrogens with zero attached hydrogens (tertiary/aromatic N) is 4. The molecule has 0 saturated heterocycles. The number of carbonyl (C=O) groups is 2. The van der Waals surface area contributed by atoms with Gasteiger partial charge in [-0.2, -0.15) is 0 Å². The van der Waals surface area contributed by atoms with Crippen LogP contribution in [0.3, 0.4) is 0 Å². The maximum absolute atomic E-state index is 11.8. The molecule has 0 fully saturated rings. The molecular weight excluding hydrogens is 288 g/mol. The van der Waals surface area contributed by atoms with E-state index in [1.54, 1.807) is 6.07 Å². The minimum absolute atomic E-state index is 0.0219. The van der Waals surface area contributed by atoms with Crippen LogP contribution in [-0.2, 0) is 4.79 Å². The molecule has 116 valence electrons. The summed E-state index contributed by atoms with van der Waals surface area (Å²) in [5, 5.41) is 24.8. The Balaban J connectivity index is 1.95. The highest BCUT2D eigenvalue weighted by molar-refractivity contribution is 5.90. The highest BCUT2D eigenvalue weighted by atomic mass is 16.4. The van der Waals surface area contributed by atoms with Gasteiger partial charge < -0.3 is 15.7 Å². The van der Waals surface area contributed by atoms with Crippen LogP contribution in [0.1, 0.15) is 18.4 Å². The fraction of sp³-hybridized carbons (Fsp3) is 0.308. The van der Waals surface area contributed by atoms with Crippen LogP contribution in [0.2, 0.25) is 0 Å². The first-order valence-corrected chi connectivity index (χ1v) is 6.67. The Morgan fingerprint density at radius 3 is 2.86 bits per heavy atom. The SMILES string of the molecule is Cc1ccc(-n2cnnn2)cc1NC(=O)NCCCC(=O)O. The van der Waals surface area contributed by atoms with Gasteiger partial charge in [-0.3, -0.25) is 4.79 Å². The minimum atomic E-state index is -0.882. The van der Waals surface area contributed by atoms with Gasteiger partial charge in [-0.15, -0.1) is 5.10 Å². The van der Waals surface area contributed by atoms with Gasteiger partial charge in [-0.25, -0.2) is 9.48 Å². The number of rotatable bonds is 6. The number of aromatic nitrogens is 4. The largest absolute Gasteiger partial charge is 0.481 e. The molecule has 0 radical (unpaired) electrons. The summed E-state index contributed by atoms with van der Waals surface area (Å²) < 4.78 is 1.48. The Kier molecular flexibility index (Phi) is 5.02. The van der Waals surface area contributed by atoms with E-state index in [0.717, 1.165) is 11.3 Å². The predicted octanol–water partition coefficient (Wildman–Crippen LogP) is 0.957. The zero-order valence-corrected chi connectivity index (χ0v) is 12.0. The van der Waals surface area contributed by atoms with Crippen molar-refractivity contribution in [1.29, 1.82) is 0 Å². The first-order valence-electron chi connectivity index (χ1n) is 6.67. The summed E-state index contributed by atoms with van der Waals surface area (Å²) in [4.78, 5) is 22.2. The fourth-order valence-corrected chi connectivity index (χ4v) is 1.77. The molecule has 9 nitrogen and oxygen atoms in total. The van der Waals surface area contributed by atoms with E-state index in [1.807, 2.05) is 19.1 Å². The number of hydrogen-bond acceptors (Lipinski definition) is 5. The summed E-state index contributed by atoms with van der Waals surface area (Å²) in [7, 11) is 0. The van der Waals surface area contributed by atoms with Crippen LogP contribution >= 0.6 is 0 Å². The van der Waals surface area contributed by atoms with Crippen LogP contribution in [-0.4, -0.2) is 43.9 Å². The number of carboxylic acids is 1. The van der Waals surface area contributed by atoms with Gasteiger partial charge in [0.05, 0.1) is 5.69 Å². The molecule has 0 spiro atoms. The maximum atomic E-state index is 11.8. The summed E-state index contributed by atoms with van der Waals surface area (Å²) in [6.45, 7) is 2.16. The Labute approximate surface area is 126 Å². The van der Waals surface area contributed by atoms with Gasteiger partial charge in [-0.1, -0.05) is 6.07 Å². The van der Waals surface area contributed by atoms with Crippen molar-refractivity contribution in [3.05, 3.63) is 30.1 Å². The fourth-order valence-electron chi connectivity index (χ4n) is 1.77. The molecule has 9 heteroatoms. The Morgan fingerprint density at radius 2 is 2.18 bits per heavy atom. The smallest absolute Gasteiger partial charge is 0.319 e. The molecule has 0 aliphatic carbocycles. The maximum Gasteiger partial charge on any atom is 0.319 e. The quantitative estimate of drug-likeness (QED) is 0.683. The summed E-state index contributed by atoms with van der Waals surface area (Å²) in [6.07, 6.45) is 1.86. The van der Waals surface area contributed by atoms with Crippen molar-refractivity contribution in [2.75, 3.05) is 11.9 Å². The number of hydrogen-bond donors (Lipinski definition) is 3. The van der Waals surface area contributed by atoms with Crippen molar-refractivity contribution in [3.8, 4) is 5.69 Å². The number of benzene rings is 1. The van der Waals surface area contributed by atoms with Gasteiger partial charge >= 0.3 is 12.0 Å². The number of carbonyl (C=O) groups excluding carboxylic acids is 1. The van der Waals surface area contributed by atoms with E-state index in [2.05, 4.69) is 26.2 Å². The van der Waals surface area contributed by atoms with E-state index in [9.17, 15) is 9.59 Å². The predicted molar refractivity (Wildman–Crippen MR) is 77.8 cm³/mol. The number of tetrazole rings is 1. The van der Waals surface area contributed by atoms with Crippen LogP contribution in [0.5, 0.6) is 0 Å². The first kappa shape index (κ1) is 15.4. The molecule has 0 aliphatic rings. The molecule has 1 aromatic carbocycles. The normalized spacial score (nSPS) is 10.2. The number of amides is 2. The number of urea groups is 1. The third-order valence-electron chi connectivity index (χ3n) is 2.94. The highest BCUT2D eigenvalue weighted by Crippen LogP contribution is 2.18. The molecule has 2 amide bonds. The topological polar surface area (TPSA) is 122 Å². The number of nitrogens with one attached hydrogen (secondary N) is 2. The van der Waals surface area contributed by atoms with Crippen LogP contribution in [0.25, 0.3) is 5.69 Å². The van der Waals surface area contributed by atoms with Crippen molar-refractivity contribution in [2.45, 2.75) is 19.8 Å². The Hall–Kier alpha value is -2.97. The summed E-state index contributed by atoms with van der Waals surface area (Å²) in [6, 6.07) is 5.05. The van der Waals surface area contributed by atoms with Crippen LogP contribution < -0.4 is 10.6 Å². The second-order valence-electron chi connectivity index (χ2n) is 4.63. The van der Waals surface area contributed by atoms with Gasteiger partial charge in [0.2, 0.25) is 0 Å². The van der Waals surface area contributed by atoms with Gasteiger partial charge in [0.25, 0.3) is 0 Å². The van der Waals surface area contributed by atoms with Crippen LogP contribution in [0, 0.1) is 6.92 Å². The third-order valence-corrected chi connectivity index (χ3v) is 2.94. The number of carboxylic acid groups (broad SMARTS) is 1. The monoisotopic (exact) mass is 304 g/mol. The van der Waals surface area contributed by atoms with Gasteiger partial charge in [-0.05, 0) is 41.5 Å². The van der Waals surface area contributed by atoms with Gasteiger partial charge in [0.1, 0.15) is 6.33 Å². The van der Waals surface area contributed by atoms with Crippen molar-refractivity contribution in [3.63, 3.8) is 0 Å². The summed E-state index contributed by atoms with van der Waals surface area (Å²) >= 11 is 0. The molecule has 1 heterocycles. The Bertz CT molecular complexity index is 656. The van der Waals surface area contributed by atoms with E-state index < -0.39 is 5.97 Å². The second-order valence-corrected chi connectivity index (χ2v) is 4.63. The molecule has 2 aromatic rings. The van der Waals surface area contributed by atoms with E-state index in [1.165, 1.54) is 11.0 Å². The molecule has 1 aromatic heterocycles. The van der Waals surface area contributed by atoms with E-state index >= 15 is 0 Å². The lowest BCUT2D eigenvalue weighted by molar-refractivity contribution is -0.137. The zero-order valence-electron chi connectivity index (χ0n) is 12.0. The van der Waals surface area contributed by atoms with Crippen molar-refractivity contribution in [2.24, 2.45) is 0 Å². The third kappa shape index (κ3) is 4.27. The molecule has 0 aliphatic heterocycles. The van der Waals surface area contributed by atoms with E-state index in [0.29, 0.717) is 18.7 Å².